The molecule has 33 heavy (non-hydrogen) atoms. The van der Waals surface area contributed by atoms with Crippen LogP contribution in [0.5, 0.6) is 0 Å². The van der Waals surface area contributed by atoms with Crippen LogP contribution in [0.1, 0.15) is 45.8 Å². The number of nitrogens with zero attached hydrogens (tertiary/aromatic N) is 4. The molecule has 3 aromatic heterocycles. The topological polar surface area (TPSA) is 71.2 Å². The van der Waals surface area contributed by atoms with Gasteiger partial charge in [-0.1, -0.05) is 24.3 Å². The van der Waals surface area contributed by atoms with E-state index in [0.29, 0.717) is 18.0 Å². The number of piperidine rings is 1. The summed E-state index contributed by atoms with van der Waals surface area (Å²) >= 11 is 0. The number of hydrogen-bond donors (Lipinski definition) is 1. The number of benzene rings is 1. The van der Waals surface area contributed by atoms with Gasteiger partial charge in [-0.15, -0.1) is 0 Å². The van der Waals surface area contributed by atoms with Gasteiger partial charge in [0.2, 0.25) is 0 Å². The number of fused-ring (bicyclic) bond motifs is 1. The monoisotopic (exact) mass is 440 g/mol. The van der Waals surface area contributed by atoms with Crippen molar-refractivity contribution in [1.29, 1.82) is 0 Å². The first-order chi connectivity index (χ1) is 16.2. The lowest BCUT2D eigenvalue weighted by molar-refractivity contribution is 0.0903. The Labute approximate surface area is 193 Å². The van der Waals surface area contributed by atoms with Crippen LogP contribution >= 0.6 is 0 Å². The summed E-state index contributed by atoms with van der Waals surface area (Å²) in [4.78, 5) is 23.0. The molecule has 0 spiro atoms. The first-order valence-corrected chi connectivity index (χ1v) is 11.5. The Morgan fingerprint density at radius 3 is 2.42 bits per heavy atom. The van der Waals surface area contributed by atoms with Gasteiger partial charge in [-0.3, -0.25) is 14.7 Å². The van der Waals surface area contributed by atoms with E-state index >= 15 is 0 Å². The van der Waals surface area contributed by atoms with Crippen molar-refractivity contribution < 1.29 is 9.90 Å². The summed E-state index contributed by atoms with van der Waals surface area (Å²) in [5.41, 5.74) is 5.25. The van der Waals surface area contributed by atoms with E-state index in [2.05, 4.69) is 44.9 Å². The first-order valence-electron chi connectivity index (χ1n) is 11.5. The third-order valence-electron chi connectivity index (χ3n) is 6.61. The Hall–Kier alpha value is -3.35. The van der Waals surface area contributed by atoms with Gasteiger partial charge in [0.05, 0.1) is 0 Å². The van der Waals surface area contributed by atoms with Crippen LogP contribution in [0.3, 0.4) is 0 Å². The largest absolute Gasteiger partial charge is 0.388 e. The van der Waals surface area contributed by atoms with E-state index in [4.69, 9.17) is 10.1 Å². The van der Waals surface area contributed by atoms with Crippen molar-refractivity contribution in [2.24, 2.45) is 0 Å². The van der Waals surface area contributed by atoms with E-state index in [0.717, 1.165) is 43.7 Å². The zero-order valence-electron chi connectivity index (χ0n) is 18.6. The second-order valence-electron chi connectivity index (χ2n) is 8.81. The van der Waals surface area contributed by atoms with Gasteiger partial charge < -0.3 is 9.67 Å². The zero-order chi connectivity index (χ0) is 22.6. The Morgan fingerprint density at radius 1 is 0.970 bits per heavy atom. The van der Waals surface area contributed by atoms with Crippen LogP contribution in [0, 0.1) is 0 Å². The number of carbonyl (C=O) groups excluding carboxylic acids is 1. The minimum atomic E-state index is -0.461. The fourth-order valence-electron chi connectivity index (χ4n) is 4.70. The number of likely N-dealkylation sites (tertiary alicyclic amines) is 1. The molecule has 0 saturated carbocycles. The van der Waals surface area contributed by atoms with Crippen LogP contribution in [-0.2, 0) is 13.1 Å². The van der Waals surface area contributed by atoms with Crippen molar-refractivity contribution in [3.05, 3.63) is 95.6 Å². The van der Waals surface area contributed by atoms with Gasteiger partial charge in [-0.05, 0) is 72.8 Å². The number of carbonyl (C=O) groups is 1. The van der Waals surface area contributed by atoms with E-state index < -0.39 is 6.61 Å². The molecule has 168 valence electrons. The molecule has 0 unspecified atom stereocenters. The number of hydrogen-bond acceptors (Lipinski definition) is 5. The molecule has 0 bridgehead atoms. The lowest BCUT2D eigenvalue weighted by atomic mass is 9.90. The zero-order valence-corrected chi connectivity index (χ0v) is 18.6. The molecule has 5 rings (SSSR count). The van der Waals surface area contributed by atoms with Crippen LogP contribution < -0.4 is 0 Å². The molecule has 0 aliphatic carbocycles. The lowest BCUT2D eigenvalue weighted by Crippen LogP contribution is -2.32. The van der Waals surface area contributed by atoms with Crippen molar-refractivity contribution in [2.45, 2.75) is 31.8 Å². The lowest BCUT2D eigenvalue weighted by Gasteiger charge is -2.32. The van der Waals surface area contributed by atoms with Crippen molar-refractivity contribution in [3.8, 4) is 0 Å². The Kier molecular flexibility index (Phi) is 6.28. The molecule has 4 heterocycles. The van der Waals surface area contributed by atoms with Crippen LogP contribution in [0.15, 0.2) is 73.3 Å². The molecule has 6 nitrogen and oxygen atoms in total. The highest BCUT2D eigenvalue weighted by molar-refractivity contribution is 5.96. The average Bonchev–Trinajstić information content (AvgIpc) is 3.27. The third kappa shape index (κ3) is 4.87. The van der Waals surface area contributed by atoms with Gasteiger partial charge in [-0.2, -0.15) is 0 Å². The SMILES string of the molecule is O=C(CO)c1ccc(Cn2ccc3cc(C4CCN(Cc5ccncc5)CC4)cnc32)cc1. The predicted molar refractivity (Wildman–Crippen MR) is 128 cm³/mol. The van der Waals surface area contributed by atoms with Gasteiger partial charge in [0, 0.05) is 48.8 Å². The summed E-state index contributed by atoms with van der Waals surface area (Å²) in [7, 11) is 0. The second-order valence-corrected chi connectivity index (χ2v) is 8.81. The standard InChI is InChI=1S/C27H28N4O2/c32-19-26(33)23-3-1-20(2-4-23)18-31-14-9-24-15-25(16-29-27(24)31)22-7-12-30(13-8-22)17-21-5-10-28-11-6-21/h1-6,9-11,14-16,22,32H,7-8,12-13,17-19H2. The maximum absolute atomic E-state index is 11.6. The quantitative estimate of drug-likeness (QED) is 0.439. The van der Waals surface area contributed by atoms with E-state index in [9.17, 15) is 4.79 Å². The molecule has 1 N–H and O–H groups in total. The van der Waals surface area contributed by atoms with Crippen LogP contribution in [0.25, 0.3) is 11.0 Å². The molecule has 6 heteroatoms. The molecule has 1 fully saturated rings. The maximum atomic E-state index is 11.6. The van der Waals surface area contributed by atoms with Gasteiger partial charge in [-0.25, -0.2) is 4.98 Å². The van der Waals surface area contributed by atoms with Crippen molar-refractivity contribution in [3.63, 3.8) is 0 Å². The summed E-state index contributed by atoms with van der Waals surface area (Å²) in [6.45, 7) is 3.42. The minimum absolute atomic E-state index is 0.259. The number of ketones is 1. The Bertz CT molecular complexity index is 1230. The molecule has 4 aromatic rings. The number of aromatic nitrogens is 3. The molecular formula is C27H28N4O2. The van der Waals surface area contributed by atoms with Crippen LogP contribution in [0.2, 0.25) is 0 Å². The molecule has 0 amide bonds. The summed E-state index contributed by atoms with van der Waals surface area (Å²) in [5, 5.41) is 10.2. The van der Waals surface area contributed by atoms with E-state index in [1.165, 1.54) is 16.5 Å². The highest BCUT2D eigenvalue weighted by Crippen LogP contribution is 2.30. The summed E-state index contributed by atoms with van der Waals surface area (Å²) in [6.07, 6.45) is 10.1. The summed E-state index contributed by atoms with van der Waals surface area (Å²) in [6, 6.07) is 16.0. The van der Waals surface area contributed by atoms with Crippen molar-refractivity contribution >= 4 is 16.8 Å². The fraction of sp³-hybridized carbons (Fsp3) is 0.296. The molecule has 0 atom stereocenters. The maximum Gasteiger partial charge on any atom is 0.188 e. The summed E-state index contributed by atoms with van der Waals surface area (Å²) in [5.74, 6) is 0.293. The highest BCUT2D eigenvalue weighted by Gasteiger charge is 2.21. The van der Waals surface area contributed by atoms with E-state index in [1.807, 2.05) is 30.7 Å². The average molecular weight is 441 g/mol. The molecule has 1 aromatic carbocycles. The number of Topliss-reactive ketones (excluding diaryl/α,β-unsaturated/α-hetero) is 1. The van der Waals surface area contributed by atoms with Crippen LogP contribution in [-0.4, -0.2) is 50.0 Å². The van der Waals surface area contributed by atoms with Crippen molar-refractivity contribution in [2.75, 3.05) is 19.7 Å². The number of rotatable bonds is 7. The predicted octanol–water partition coefficient (Wildman–Crippen LogP) is 4.03. The molecule has 1 aliphatic rings. The number of aliphatic hydroxyl groups excluding tert-OH is 1. The number of aliphatic hydroxyl groups is 1. The number of pyridine rings is 2. The fourth-order valence-corrected chi connectivity index (χ4v) is 4.70. The molecular weight excluding hydrogens is 412 g/mol. The molecule has 1 aliphatic heterocycles. The van der Waals surface area contributed by atoms with Gasteiger partial charge >= 0.3 is 0 Å². The summed E-state index contributed by atoms with van der Waals surface area (Å²) < 4.78 is 2.14. The second kappa shape index (κ2) is 9.65. The third-order valence-corrected chi connectivity index (χ3v) is 6.61. The van der Waals surface area contributed by atoms with Crippen molar-refractivity contribution in [1.82, 2.24) is 19.4 Å². The highest BCUT2D eigenvalue weighted by atomic mass is 16.3. The Balaban J connectivity index is 1.23. The van der Waals surface area contributed by atoms with Gasteiger partial charge in [0.1, 0.15) is 12.3 Å². The minimum Gasteiger partial charge on any atom is -0.388 e. The van der Waals surface area contributed by atoms with Gasteiger partial charge in [0.25, 0.3) is 0 Å². The Morgan fingerprint density at radius 2 is 1.70 bits per heavy atom. The van der Waals surface area contributed by atoms with Gasteiger partial charge in [0.15, 0.2) is 5.78 Å². The van der Waals surface area contributed by atoms with Crippen LogP contribution in [0.4, 0.5) is 0 Å². The normalized spacial score (nSPS) is 15.2. The first kappa shape index (κ1) is 21.5. The smallest absolute Gasteiger partial charge is 0.188 e. The molecule has 0 radical (unpaired) electrons. The van der Waals surface area contributed by atoms with E-state index in [1.54, 1.807) is 12.1 Å². The van der Waals surface area contributed by atoms with E-state index in [-0.39, 0.29) is 5.78 Å². The molecule has 1 saturated heterocycles.